The number of methoxy groups -OCH3 is 1. The Kier molecular flexibility index (Phi) is 18.1. The summed E-state index contributed by atoms with van der Waals surface area (Å²) in [5, 5.41) is 7.18. The molecule has 1 N–H and O–H groups in total. The molecule has 1 unspecified atom stereocenters. The predicted octanol–water partition coefficient (Wildman–Crippen LogP) is 3.38. The van der Waals surface area contributed by atoms with Gasteiger partial charge in [-0.05, 0) is 84.8 Å². The highest BCUT2D eigenvalue weighted by Crippen LogP contribution is 2.29. The van der Waals surface area contributed by atoms with Crippen molar-refractivity contribution in [1.82, 2.24) is 25.1 Å². The maximum atomic E-state index is 12.3. The van der Waals surface area contributed by atoms with E-state index in [0.29, 0.717) is 29.6 Å². The topological polar surface area (TPSA) is 109 Å². The smallest absolute Gasteiger partial charge is 0.168 e. The van der Waals surface area contributed by atoms with Gasteiger partial charge in [0.15, 0.2) is 6.29 Å². The Balaban J connectivity index is 0.000000349. The number of hydrogen-bond donors (Lipinski definition) is 1. The number of carbonyl (C=O) groups is 2. The Hall–Kier alpha value is -3.12. The van der Waals surface area contributed by atoms with E-state index in [1.165, 1.54) is 12.1 Å². The van der Waals surface area contributed by atoms with Crippen LogP contribution in [0.2, 0.25) is 0 Å². The Bertz CT molecular complexity index is 1040. The fraction of sp³-hybridized carbons (Fsp3) is 0.567. The predicted molar refractivity (Wildman–Crippen MR) is 160 cm³/mol. The number of rotatable bonds is 8. The fourth-order valence-electron chi connectivity index (χ4n) is 4.12. The first kappa shape index (κ1) is 35.9. The van der Waals surface area contributed by atoms with Gasteiger partial charge in [-0.2, -0.15) is 0 Å². The number of nitrogens with one attached hydrogen (secondary N) is 1. The number of aldehydes is 2. The van der Waals surface area contributed by atoms with Crippen molar-refractivity contribution in [1.29, 1.82) is 0 Å². The first-order valence-electron chi connectivity index (χ1n) is 13.8. The second-order valence-electron chi connectivity index (χ2n) is 10.2. The molecule has 0 bridgehead atoms. The molecule has 0 saturated carbocycles. The quantitative estimate of drug-likeness (QED) is 0.475. The number of nitrogens with zero attached hydrogens (tertiary/aromatic N) is 5. The Morgan fingerprint density at radius 2 is 1.78 bits per heavy atom. The van der Waals surface area contributed by atoms with E-state index in [0.717, 1.165) is 69.3 Å². The number of likely N-dealkylation sites (tertiary alicyclic amines) is 1. The van der Waals surface area contributed by atoms with Crippen LogP contribution in [0.5, 0.6) is 0 Å². The molecule has 228 valence electrons. The number of hydrogen-bond acceptors (Lipinski definition) is 10. The number of piperidine rings is 1. The second kappa shape index (κ2) is 20.7. The summed E-state index contributed by atoms with van der Waals surface area (Å²) < 4.78 is 16.6. The average Bonchev–Trinajstić information content (AvgIpc) is 3.45. The van der Waals surface area contributed by atoms with E-state index in [2.05, 4.69) is 37.1 Å². The molecule has 4 rings (SSSR count). The highest BCUT2D eigenvalue weighted by atomic mass is 19.1. The molecule has 41 heavy (non-hydrogen) atoms. The minimum Gasteiger partial charge on any atom is -0.391 e. The number of benzene rings is 1. The molecule has 0 radical (unpaired) electrons. The molecular weight excluding hydrogens is 527 g/mol. The van der Waals surface area contributed by atoms with Crippen LogP contribution in [0, 0.1) is 18.7 Å². The second-order valence-corrected chi connectivity index (χ2v) is 10.2. The molecule has 1 aromatic heterocycles. The number of oxime groups is 1. The molecule has 1 aromatic carbocycles. The summed E-state index contributed by atoms with van der Waals surface area (Å²) in [7, 11) is 11.2. The Morgan fingerprint density at radius 3 is 2.29 bits per heavy atom. The molecule has 11 heteroatoms. The third-order valence-electron chi connectivity index (χ3n) is 6.24. The lowest BCUT2D eigenvalue weighted by Gasteiger charge is -2.31. The third-order valence-corrected chi connectivity index (χ3v) is 6.24. The van der Waals surface area contributed by atoms with E-state index in [1.807, 2.05) is 26.0 Å². The minimum atomic E-state index is -0.181. The molecular formula is C30H47FN6O4. The number of aromatic nitrogens is 2. The SMILES string of the molecule is CN(C)CCC=O.CNCc1ccc(F)cc1.COC.Cc1nc(C=O)cc(C2=NOC(C3CCN(C)CC3)C2)n1. The van der Waals surface area contributed by atoms with Crippen molar-refractivity contribution < 1.29 is 23.6 Å². The van der Waals surface area contributed by atoms with Crippen LogP contribution in [0.25, 0.3) is 0 Å². The monoisotopic (exact) mass is 574 g/mol. The fourth-order valence-corrected chi connectivity index (χ4v) is 4.12. The Labute approximate surface area is 244 Å². The summed E-state index contributed by atoms with van der Waals surface area (Å²) in [4.78, 5) is 39.0. The molecule has 2 aromatic rings. The molecule has 3 heterocycles. The van der Waals surface area contributed by atoms with Crippen LogP contribution < -0.4 is 5.32 Å². The van der Waals surface area contributed by atoms with Crippen LogP contribution >= 0.6 is 0 Å². The maximum Gasteiger partial charge on any atom is 0.168 e. The van der Waals surface area contributed by atoms with Gasteiger partial charge in [-0.25, -0.2) is 14.4 Å². The lowest BCUT2D eigenvalue weighted by atomic mass is 9.88. The van der Waals surface area contributed by atoms with Crippen LogP contribution in [0.3, 0.4) is 0 Å². The zero-order valence-electron chi connectivity index (χ0n) is 25.6. The van der Waals surface area contributed by atoms with Gasteiger partial charge in [0.25, 0.3) is 0 Å². The number of carbonyl (C=O) groups excluding carboxylic acids is 2. The summed E-state index contributed by atoms with van der Waals surface area (Å²) in [6, 6.07) is 8.15. The van der Waals surface area contributed by atoms with Crippen molar-refractivity contribution in [3.8, 4) is 0 Å². The Morgan fingerprint density at radius 1 is 1.15 bits per heavy atom. The molecule has 2 aliphatic rings. The van der Waals surface area contributed by atoms with Crippen LogP contribution in [0.4, 0.5) is 4.39 Å². The van der Waals surface area contributed by atoms with Crippen molar-refractivity contribution in [3.63, 3.8) is 0 Å². The zero-order valence-corrected chi connectivity index (χ0v) is 25.6. The van der Waals surface area contributed by atoms with Gasteiger partial charge >= 0.3 is 0 Å². The molecule has 1 saturated heterocycles. The highest BCUT2D eigenvalue weighted by Gasteiger charge is 2.32. The summed E-state index contributed by atoms with van der Waals surface area (Å²) in [5.41, 5.74) is 3.03. The molecule has 0 amide bonds. The number of halogens is 1. The highest BCUT2D eigenvalue weighted by molar-refractivity contribution is 6.00. The summed E-state index contributed by atoms with van der Waals surface area (Å²) in [6.45, 7) is 5.66. The average molecular weight is 575 g/mol. The van der Waals surface area contributed by atoms with Crippen molar-refractivity contribution in [3.05, 3.63) is 58.9 Å². The first-order valence-corrected chi connectivity index (χ1v) is 13.8. The van der Waals surface area contributed by atoms with E-state index in [-0.39, 0.29) is 11.9 Å². The van der Waals surface area contributed by atoms with Gasteiger partial charge in [-0.15, -0.1) is 0 Å². The first-order chi connectivity index (χ1) is 19.7. The summed E-state index contributed by atoms with van der Waals surface area (Å²) in [6.07, 6.45) is 5.52. The van der Waals surface area contributed by atoms with Gasteiger partial charge in [0, 0.05) is 46.1 Å². The van der Waals surface area contributed by atoms with Gasteiger partial charge in [-0.3, -0.25) is 4.79 Å². The zero-order chi connectivity index (χ0) is 30.6. The van der Waals surface area contributed by atoms with Crippen molar-refractivity contribution in [2.24, 2.45) is 11.1 Å². The van der Waals surface area contributed by atoms with Crippen molar-refractivity contribution >= 4 is 18.3 Å². The minimum absolute atomic E-state index is 0.142. The standard InChI is InChI=1S/C15H20N4O2.C8H10FN.C5H11NO.C2H6O/c1-10-16-12(9-20)7-13(17-10)14-8-15(21-18-14)11-3-5-19(2)6-4-11;1-10-6-7-2-4-8(9)5-3-7;1-6(2)4-3-5-7;1-3-2/h7,9,11,15H,3-6,8H2,1-2H3;2-5,10H,6H2,1H3;5H,3-4H2,1-2H3;1-2H3. The summed E-state index contributed by atoms with van der Waals surface area (Å²) >= 11 is 0. The largest absolute Gasteiger partial charge is 0.391 e. The van der Waals surface area contributed by atoms with E-state index >= 15 is 0 Å². The van der Waals surface area contributed by atoms with Crippen molar-refractivity contribution in [2.45, 2.75) is 45.3 Å². The van der Waals surface area contributed by atoms with Crippen LogP contribution in [0.1, 0.15) is 53.3 Å². The van der Waals surface area contributed by atoms with E-state index in [1.54, 1.807) is 39.3 Å². The van der Waals surface area contributed by atoms with E-state index in [4.69, 9.17) is 4.84 Å². The van der Waals surface area contributed by atoms with Crippen LogP contribution in [-0.4, -0.2) is 106 Å². The number of aryl methyl sites for hydroxylation is 1. The van der Waals surface area contributed by atoms with Gasteiger partial charge in [0.2, 0.25) is 0 Å². The molecule has 2 aliphatic heterocycles. The van der Waals surface area contributed by atoms with E-state index in [9.17, 15) is 14.0 Å². The lowest BCUT2D eigenvalue weighted by Crippen LogP contribution is -2.35. The number of ether oxygens (including phenoxy) is 1. The molecule has 1 atom stereocenters. The molecule has 10 nitrogen and oxygen atoms in total. The van der Waals surface area contributed by atoms with Crippen LogP contribution in [0.15, 0.2) is 35.5 Å². The van der Waals surface area contributed by atoms with Crippen LogP contribution in [-0.2, 0) is 20.9 Å². The molecule has 0 aliphatic carbocycles. The van der Waals surface area contributed by atoms with E-state index < -0.39 is 0 Å². The molecule has 0 spiro atoms. The third kappa shape index (κ3) is 14.9. The lowest BCUT2D eigenvalue weighted by molar-refractivity contribution is -0.108. The summed E-state index contributed by atoms with van der Waals surface area (Å²) in [5.74, 6) is 0.954. The van der Waals surface area contributed by atoms with Gasteiger partial charge in [0.1, 0.15) is 35.4 Å². The van der Waals surface area contributed by atoms with Gasteiger partial charge in [0.05, 0.1) is 5.69 Å². The van der Waals surface area contributed by atoms with Crippen molar-refractivity contribution in [2.75, 3.05) is 62.0 Å². The molecule has 1 fully saturated rings. The van der Waals surface area contributed by atoms with Gasteiger partial charge in [-0.1, -0.05) is 17.3 Å². The van der Waals surface area contributed by atoms with Gasteiger partial charge < -0.3 is 29.5 Å². The maximum absolute atomic E-state index is 12.3. The normalized spacial score (nSPS) is 16.6.